The van der Waals surface area contributed by atoms with Crippen molar-refractivity contribution in [2.75, 3.05) is 19.8 Å². The van der Waals surface area contributed by atoms with Crippen LogP contribution in [0.15, 0.2) is 60.8 Å². The van der Waals surface area contributed by atoms with Crippen LogP contribution in [0.2, 0.25) is 0 Å². The molecule has 0 aliphatic rings. The maximum Gasteiger partial charge on any atom is 0.472 e. The Kier molecular flexibility index (Phi) is 34.2. The molecule has 0 heterocycles. The van der Waals surface area contributed by atoms with E-state index in [-0.39, 0.29) is 19.4 Å². The lowest BCUT2D eigenvalue weighted by Crippen LogP contribution is -2.34. The molecule has 1 unspecified atom stereocenters. The molecule has 0 aromatic carbocycles. The minimum Gasteiger partial charge on any atom is -0.480 e. The van der Waals surface area contributed by atoms with Crippen LogP contribution in [0.5, 0.6) is 0 Å². The zero-order valence-corrected chi connectivity index (χ0v) is 33.5. The Balaban J connectivity index is 4.52. The Labute approximate surface area is 319 Å². The molecule has 3 atom stereocenters. The molecular weight excluding hydrogens is 697 g/mol. The van der Waals surface area contributed by atoms with Crippen molar-refractivity contribution in [3.8, 4) is 0 Å². The lowest BCUT2D eigenvalue weighted by Gasteiger charge is -2.20. The Hall–Kier alpha value is -2.82. The van der Waals surface area contributed by atoms with E-state index in [0.717, 1.165) is 77.0 Å². The third-order valence-electron chi connectivity index (χ3n) is 8.00. The second-order valence-electron chi connectivity index (χ2n) is 13.0. The first-order chi connectivity index (χ1) is 25.6. The number of phosphoric ester groups is 1. The number of phosphoric acid groups is 1. The van der Waals surface area contributed by atoms with Crippen molar-refractivity contribution in [2.24, 2.45) is 5.73 Å². The van der Waals surface area contributed by atoms with Crippen LogP contribution in [0, 0.1) is 0 Å². The summed E-state index contributed by atoms with van der Waals surface area (Å²) in [7, 11) is -4.73. The van der Waals surface area contributed by atoms with Crippen molar-refractivity contribution < 1.29 is 47.5 Å². The summed E-state index contributed by atoms with van der Waals surface area (Å²) in [5.41, 5.74) is 5.32. The van der Waals surface area contributed by atoms with Gasteiger partial charge in [-0.15, -0.1) is 0 Å². The first-order valence-corrected chi connectivity index (χ1v) is 21.3. The summed E-state index contributed by atoms with van der Waals surface area (Å²) >= 11 is 0. The van der Waals surface area contributed by atoms with Crippen LogP contribution >= 0.6 is 7.82 Å². The summed E-state index contributed by atoms with van der Waals surface area (Å²) < 4.78 is 32.5. The summed E-state index contributed by atoms with van der Waals surface area (Å²) in [6, 6.07) is -1.53. The van der Waals surface area contributed by atoms with Gasteiger partial charge in [0.25, 0.3) is 0 Å². The molecule has 0 aromatic heterocycles. The summed E-state index contributed by atoms with van der Waals surface area (Å²) in [4.78, 5) is 45.8. The molecule has 304 valence electrons. The number of carboxylic acids is 1. The van der Waals surface area contributed by atoms with Crippen LogP contribution in [0.3, 0.4) is 0 Å². The number of esters is 2. The Morgan fingerprint density at radius 1 is 0.604 bits per heavy atom. The highest BCUT2D eigenvalue weighted by Gasteiger charge is 2.28. The number of carboxylic acid groups (broad SMARTS) is 1. The molecule has 0 fully saturated rings. The lowest BCUT2D eigenvalue weighted by atomic mass is 10.1. The fraction of sp³-hybridized carbons (Fsp3) is 0.683. The van der Waals surface area contributed by atoms with Gasteiger partial charge in [-0.05, 0) is 77.0 Å². The van der Waals surface area contributed by atoms with E-state index >= 15 is 0 Å². The third kappa shape index (κ3) is 36.0. The number of carbonyl (C=O) groups excluding carboxylic acids is 2. The van der Waals surface area contributed by atoms with Crippen LogP contribution < -0.4 is 5.73 Å². The predicted octanol–water partition coefficient (Wildman–Crippen LogP) is 10.00. The van der Waals surface area contributed by atoms with Crippen LogP contribution in [-0.4, -0.2) is 59.9 Å². The Morgan fingerprint density at radius 2 is 1.06 bits per heavy atom. The maximum atomic E-state index is 12.6. The predicted molar refractivity (Wildman–Crippen MR) is 212 cm³/mol. The highest BCUT2D eigenvalue weighted by Crippen LogP contribution is 2.43. The normalized spacial score (nSPS) is 14.5. The standard InChI is InChI=1S/C41H70NO10P/c1-3-5-7-9-11-13-15-17-19-21-23-25-27-29-31-33-40(44)52-37(35-50-53(47,48)51-36-38(42)41(45)46)34-49-39(43)32-30-28-26-24-22-20-18-16-14-12-10-8-6-4-2/h5,7,11,13,16-19,23,25,37-38H,3-4,6,8-10,12,14-15,20-22,24,26-36,42H2,1-2H3,(H,45,46)(H,47,48)/b7-5+,13-11+,18-16+,19-17+,25-23+/t37-,38+/m1/s1. The van der Waals surface area contributed by atoms with Crippen LogP contribution in [0.1, 0.15) is 149 Å². The summed E-state index contributed by atoms with van der Waals surface area (Å²) in [6.45, 7) is 2.60. The SMILES string of the molecule is CC/C=C/C/C=C/C/C=C/C/C=C/CCCCC(=O)O[C@H](COC(=O)CCCCCCC/C=C/CCCCCCC)COP(=O)(O)OC[C@H](N)C(=O)O. The van der Waals surface area contributed by atoms with E-state index in [0.29, 0.717) is 12.8 Å². The summed E-state index contributed by atoms with van der Waals surface area (Å²) in [5, 5.41) is 8.87. The van der Waals surface area contributed by atoms with Gasteiger partial charge in [0.1, 0.15) is 12.6 Å². The van der Waals surface area contributed by atoms with Gasteiger partial charge in [-0.3, -0.25) is 23.4 Å². The van der Waals surface area contributed by atoms with Crippen molar-refractivity contribution in [1.82, 2.24) is 0 Å². The molecule has 0 amide bonds. The van der Waals surface area contributed by atoms with Crippen molar-refractivity contribution in [3.05, 3.63) is 60.8 Å². The van der Waals surface area contributed by atoms with Gasteiger partial charge in [0, 0.05) is 12.8 Å². The topological polar surface area (TPSA) is 172 Å². The molecule has 0 saturated carbocycles. The van der Waals surface area contributed by atoms with E-state index < -0.39 is 51.1 Å². The van der Waals surface area contributed by atoms with Crippen molar-refractivity contribution in [3.63, 3.8) is 0 Å². The molecule has 0 aliphatic heterocycles. The van der Waals surface area contributed by atoms with Crippen LogP contribution in [0.25, 0.3) is 0 Å². The maximum absolute atomic E-state index is 12.6. The number of rotatable bonds is 36. The van der Waals surface area contributed by atoms with Gasteiger partial charge in [-0.2, -0.15) is 0 Å². The average molecular weight is 768 g/mol. The van der Waals surface area contributed by atoms with E-state index in [1.807, 2.05) is 0 Å². The van der Waals surface area contributed by atoms with Gasteiger partial charge in [-0.25, -0.2) is 4.57 Å². The highest BCUT2D eigenvalue weighted by molar-refractivity contribution is 7.47. The molecule has 0 saturated heterocycles. The molecule has 11 nitrogen and oxygen atoms in total. The third-order valence-corrected chi connectivity index (χ3v) is 8.95. The first-order valence-electron chi connectivity index (χ1n) is 19.8. The molecule has 53 heavy (non-hydrogen) atoms. The fourth-order valence-electron chi connectivity index (χ4n) is 4.87. The molecule has 0 aliphatic carbocycles. The van der Waals surface area contributed by atoms with Gasteiger partial charge in [-0.1, -0.05) is 120 Å². The number of carbonyl (C=O) groups is 3. The van der Waals surface area contributed by atoms with Crippen molar-refractivity contribution in [2.45, 2.75) is 161 Å². The number of ether oxygens (including phenoxy) is 2. The number of hydrogen-bond acceptors (Lipinski definition) is 9. The fourth-order valence-corrected chi connectivity index (χ4v) is 5.65. The molecular formula is C41H70NO10P. The Bertz CT molecular complexity index is 1130. The Morgan fingerprint density at radius 3 is 1.64 bits per heavy atom. The largest absolute Gasteiger partial charge is 0.480 e. The van der Waals surface area contributed by atoms with Gasteiger partial charge in [0.2, 0.25) is 0 Å². The minimum atomic E-state index is -4.73. The molecule has 0 radical (unpaired) electrons. The summed E-state index contributed by atoms with van der Waals surface area (Å²) in [6.07, 6.45) is 40.1. The lowest BCUT2D eigenvalue weighted by molar-refractivity contribution is -0.161. The van der Waals surface area contributed by atoms with Crippen LogP contribution in [-0.2, 0) is 37.5 Å². The van der Waals surface area contributed by atoms with Crippen molar-refractivity contribution >= 4 is 25.7 Å². The minimum absolute atomic E-state index is 0.105. The quantitative estimate of drug-likeness (QED) is 0.0240. The number of allylic oxidation sites excluding steroid dienone is 10. The zero-order valence-electron chi connectivity index (χ0n) is 32.6. The number of hydrogen-bond donors (Lipinski definition) is 3. The first kappa shape index (κ1) is 50.2. The molecule has 0 aromatic rings. The monoisotopic (exact) mass is 767 g/mol. The number of unbranched alkanes of at least 4 members (excludes halogenated alkanes) is 12. The molecule has 12 heteroatoms. The van der Waals surface area contributed by atoms with Crippen LogP contribution in [0.4, 0.5) is 0 Å². The van der Waals surface area contributed by atoms with E-state index in [1.165, 1.54) is 32.1 Å². The second kappa shape index (κ2) is 36.2. The van der Waals surface area contributed by atoms with Gasteiger partial charge in [0.15, 0.2) is 6.10 Å². The average Bonchev–Trinajstić information content (AvgIpc) is 3.13. The van der Waals surface area contributed by atoms with Gasteiger partial charge in [0.05, 0.1) is 13.2 Å². The number of aliphatic carboxylic acids is 1. The molecule has 0 bridgehead atoms. The number of nitrogens with two attached hydrogens (primary N) is 1. The second-order valence-corrected chi connectivity index (χ2v) is 14.5. The molecule has 0 spiro atoms. The van der Waals surface area contributed by atoms with Gasteiger partial charge < -0.3 is 25.2 Å². The summed E-state index contributed by atoms with van der Waals surface area (Å²) in [5.74, 6) is -2.45. The van der Waals surface area contributed by atoms with E-state index in [1.54, 1.807) is 0 Å². The van der Waals surface area contributed by atoms with E-state index in [4.69, 9.17) is 24.8 Å². The molecule has 0 rings (SSSR count). The highest BCUT2D eigenvalue weighted by atomic mass is 31.2. The smallest absolute Gasteiger partial charge is 0.472 e. The van der Waals surface area contributed by atoms with Gasteiger partial charge >= 0.3 is 25.7 Å². The van der Waals surface area contributed by atoms with E-state index in [2.05, 4.69) is 79.1 Å². The molecule has 4 N–H and O–H groups in total. The van der Waals surface area contributed by atoms with E-state index in [9.17, 15) is 23.8 Å². The zero-order chi connectivity index (χ0) is 39.3. The van der Waals surface area contributed by atoms with Crippen molar-refractivity contribution in [1.29, 1.82) is 0 Å².